The zero-order valence-corrected chi connectivity index (χ0v) is 6.33. The van der Waals surface area contributed by atoms with Crippen LogP contribution in [0.2, 0.25) is 0 Å². The summed E-state index contributed by atoms with van der Waals surface area (Å²) in [6, 6.07) is 0. The normalized spacial score (nSPS) is 9.44. The van der Waals surface area contributed by atoms with E-state index >= 15 is 0 Å². The lowest BCUT2D eigenvalue weighted by Crippen LogP contribution is -2.06. The molecule has 1 aromatic heterocycles. The highest BCUT2D eigenvalue weighted by Gasteiger charge is 1.97. The molecular weight excluding hydrogens is 156 g/mol. The standard InChI is InChI=1S/C4H4N2OS2/c1-3(7)6-4(8)9-2-5-6/h2H,1H3. The molecule has 1 aromatic rings. The van der Waals surface area contributed by atoms with Gasteiger partial charge in [-0.1, -0.05) is 11.3 Å². The Labute approximate surface area is 60.9 Å². The first-order valence-electron chi connectivity index (χ1n) is 2.25. The minimum atomic E-state index is -0.138. The predicted molar refractivity (Wildman–Crippen MR) is 37.2 cm³/mol. The highest BCUT2D eigenvalue weighted by Crippen LogP contribution is 1.97. The molecule has 1 rings (SSSR count). The van der Waals surface area contributed by atoms with Gasteiger partial charge in [0.15, 0.2) is 3.95 Å². The molecule has 0 aliphatic rings. The fourth-order valence-corrected chi connectivity index (χ4v) is 1.23. The van der Waals surface area contributed by atoms with Crippen LogP contribution >= 0.6 is 23.6 Å². The van der Waals surface area contributed by atoms with Crippen LogP contribution in [0, 0.1) is 3.95 Å². The second-order valence-electron chi connectivity index (χ2n) is 1.44. The number of hydrogen-bond acceptors (Lipinski definition) is 4. The Balaban J connectivity index is 3.24. The first-order valence-corrected chi connectivity index (χ1v) is 3.54. The van der Waals surface area contributed by atoms with Crippen LogP contribution in [-0.4, -0.2) is 15.7 Å². The van der Waals surface area contributed by atoms with Crippen LogP contribution in [0.3, 0.4) is 0 Å². The summed E-state index contributed by atoms with van der Waals surface area (Å²) in [7, 11) is 0. The number of carbonyl (C=O) groups excluding carboxylic acids is 1. The molecular formula is C4H4N2OS2. The van der Waals surface area contributed by atoms with Crippen molar-refractivity contribution in [3.8, 4) is 0 Å². The van der Waals surface area contributed by atoms with Crippen LogP contribution in [0.25, 0.3) is 0 Å². The number of nitrogens with zero attached hydrogens (tertiary/aromatic N) is 2. The maximum atomic E-state index is 10.6. The Hall–Kier alpha value is -0.550. The van der Waals surface area contributed by atoms with E-state index in [0.717, 1.165) is 0 Å². The minimum Gasteiger partial charge on any atom is -0.273 e. The number of carbonyl (C=O) groups is 1. The van der Waals surface area contributed by atoms with Crippen molar-refractivity contribution in [1.82, 2.24) is 9.78 Å². The zero-order valence-electron chi connectivity index (χ0n) is 4.70. The average molecular weight is 160 g/mol. The van der Waals surface area contributed by atoms with Gasteiger partial charge in [-0.25, -0.2) is 0 Å². The van der Waals surface area contributed by atoms with Gasteiger partial charge in [-0.3, -0.25) is 4.79 Å². The van der Waals surface area contributed by atoms with Gasteiger partial charge in [-0.15, -0.1) is 0 Å². The molecule has 5 heteroatoms. The summed E-state index contributed by atoms with van der Waals surface area (Å²) < 4.78 is 1.70. The molecule has 0 radical (unpaired) electrons. The lowest BCUT2D eigenvalue weighted by atomic mass is 10.7. The number of aromatic nitrogens is 2. The van der Waals surface area contributed by atoms with E-state index in [1.54, 1.807) is 5.51 Å². The topological polar surface area (TPSA) is 34.9 Å². The van der Waals surface area contributed by atoms with Crippen molar-refractivity contribution in [3.05, 3.63) is 9.46 Å². The highest BCUT2D eigenvalue weighted by atomic mass is 32.1. The zero-order chi connectivity index (χ0) is 6.85. The van der Waals surface area contributed by atoms with Crippen molar-refractivity contribution >= 4 is 29.5 Å². The van der Waals surface area contributed by atoms with E-state index in [-0.39, 0.29) is 5.91 Å². The lowest BCUT2D eigenvalue weighted by molar-refractivity contribution is 0.0920. The van der Waals surface area contributed by atoms with Gasteiger partial charge in [0.05, 0.1) is 0 Å². The first kappa shape index (κ1) is 6.57. The second-order valence-corrected chi connectivity index (χ2v) is 2.91. The molecule has 9 heavy (non-hydrogen) atoms. The van der Waals surface area contributed by atoms with Gasteiger partial charge in [-0.05, 0) is 12.2 Å². The van der Waals surface area contributed by atoms with E-state index in [0.29, 0.717) is 3.95 Å². The summed E-state index contributed by atoms with van der Waals surface area (Å²) >= 11 is 6.04. The van der Waals surface area contributed by atoms with E-state index in [1.807, 2.05) is 0 Å². The smallest absolute Gasteiger partial charge is 0.245 e. The van der Waals surface area contributed by atoms with Gasteiger partial charge < -0.3 is 0 Å². The van der Waals surface area contributed by atoms with Gasteiger partial charge in [-0.2, -0.15) is 9.78 Å². The molecule has 0 unspecified atom stereocenters. The molecule has 0 saturated carbocycles. The average Bonchev–Trinajstić information content (AvgIpc) is 2.13. The third-order valence-corrected chi connectivity index (χ3v) is 1.82. The minimum absolute atomic E-state index is 0.138. The third kappa shape index (κ3) is 1.22. The molecule has 48 valence electrons. The van der Waals surface area contributed by atoms with E-state index < -0.39 is 0 Å². The van der Waals surface area contributed by atoms with Crippen LogP contribution in [-0.2, 0) is 0 Å². The molecule has 3 nitrogen and oxygen atoms in total. The third-order valence-electron chi connectivity index (χ3n) is 0.787. The summed E-state index contributed by atoms with van der Waals surface area (Å²) in [6.45, 7) is 1.43. The SMILES string of the molecule is CC(=O)n1ncsc1=S. The molecule has 0 aliphatic heterocycles. The summed E-state index contributed by atoms with van der Waals surface area (Å²) in [4.78, 5) is 10.6. The Morgan fingerprint density at radius 2 is 2.67 bits per heavy atom. The lowest BCUT2D eigenvalue weighted by Gasteiger charge is -1.86. The van der Waals surface area contributed by atoms with Crippen LogP contribution in [0.1, 0.15) is 11.7 Å². The van der Waals surface area contributed by atoms with Gasteiger partial charge in [0.25, 0.3) is 0 Å². The van der Waals surface area contributed by atoms with Crippen LogP contribution in [0.4, 0.5) is 0 Å². The summed E-state index contributed by atoms with van der Waals surface area (Å²) in [5.41, 5.74) is 1.55. The molecule has 0 saturated heterocycles. The summed E-state index contributed by atoms with van der Waals surface area (Å²) in [5, 5.41) is 3.70. The van der Waals surface area contributed by atoms with Crippen molar-refractivity contribution in [2.45, 2.75) is 6.92 Å². The fraction of sp³-hybridized carbons (Fsp3) is 0.250. The molecule has 0 fully saturated rings. The van der Waals surface area contributed by atoms with Crippen molar-refractivity contribution in [1.29, 1.82) is 0 Å². The quantitative estimate of drug-likeness (QED) is 0.537. The monoisotopic (exact) mass is 160 g/mol. The van der Waals surface area contributed by atoms with Crippen molar-refractivity contribution in [2.24, 2.45) is 0 Å². The maximum absolute atomic E-state index is 10.6. The molecule has 1 heterocycles. The molecule has 0 atom stereocenters. The van der Waals surface area contributed by atoms with Crippen LogP contribution in [0.5, 0.6) is 0 Å². The van der Waals surface area contributed by atoms with Crippen molar-refractivity contribution < 1.29 is 4.79 Å². The summed E-state index contributed by atoms with van der Waals surface area (Å²) in [5.74, 6) is -0.138. The van der Waals surface area contributed by atoms with Crippen molar-refractivity contribution in [2.75, 3.05) is 0 Å². The van der Waals surface area contributed by atoms with Gasteiger partial charge >= 0.3 is 0 Å². The van der Waals surface area contributed by atoms with Gasteiger partial charge in [0, 0.05) is 6.92 Å². The van der Waals surface area contributed by atoms with E-state index in [9.17, 15) is 4.79 Å². The Morgan fingerprint density at radius 1 is 2.00 bits per heavy atom. The van der Waals surface area contributed by atoms with Crippen LogP contribution in [0.15, 0.2) is 5.51 Å². The Bertz CT molecular complexity index is 274. The maximum Gasteiger partial charge on any atom is 0.245 e. The van der Waals surface area contributed by atoms with Gasteiger partial charge in [0.2, 0.25) is 5.91 Å². The molecule has 0 bridgehead atoms. The number of rotatable bonds is 0. The van der Waals surface area contributed by atoms with Gasteiger partial charge in [0.1, 0.15) is 5.51 Å². The molecule has 0 spiro atoms. The largest absolute Gasteiger partial charge is 0.273 e. The van der Waals surface area contributed by atoms with Crippen LogP contribution < -0.4 is 0 Å². The molecule has 0 N–H and O–H groups in total. The molecule has 0 amide bonds. The fourth-order valence-electron chi connectivity index (χ4n) is 0.423. The highest BCUT2D eigenvalue weighted by molar-refractivity contribution is 7.73. The van der Waals surface area contributed by atoms with E-state index in [4.69, 9.17) is 12.2 Å². The first-order chi connectivity index (χ1) is 4.22. The second kappa shape index (κ2) is 2.36. The predicted octanol–water partition coefficient (Wildman–Crippen LogP) is 1.33. The molecule has 0 aliphatic carbocycles. The van der Waals surface area contributed by atoms with Crippen molar-refractivity contribution in [3.63, 3.8) is 0 Å². The Kier molecular flexibility index (Phi) is 1.73. The van der Waals surface area contributed by atoms with E-state index in [2.05, 4.69) is 5.10 Å². The van der Waals surface area contributed by atoms with E-state index in [1.165, 1.54) is 22.9 Å². The Morgan fingerprint density at radius 3 is 2.89 bits per heavy atom. The molecule has 0 aromatic carbocycles. The summed E-state index contributed by atoms with van der Waals surface area (Å²) in [6.07, 6.45) is 0. The number of hydrogen-bond donors (Lipinski definition) is 0.